The number of likely N-dealkylation sites (tertiary alicyclic amines) is 1. The van der Waals surface area contributed by atoms with Crippen LogP contribution in [0.4, 0.5) is 15.8 Å². The van der Waals surface area contributed by atoms with Crippen LogP contribution in [0.2, 0.25) is 10.0 Å². The lowest BCUT2D eigenvalue weighted by molar-refractivity contribution is -0.385. The van der Waals surface area contributed by atoms with E-state index in [0.717, 1.165) is 6.07 Å². The number of anilines is 1. The van der Waals surface area contributed by atoms with Gasteiger partial charge in [-0.2, -0.15) is 0 Å². The van der Waals surface area contributed by atoms with Gasteiger partial charge in [-0.05, 0) is 42.2 Å². The molecular weight excluding hydrogens is 626 g/mol. The molecule has 45 heavy (non-hydrogen) atoms. The molecule has 0 bridgehead atoms. The number of hydrogen-bond acceptors (Lipinski definition) is 8. The van der Waals surface area contributed by atoms with Crippen LogP contribution in [0.15, 0.2) is 54.6 Å². The standard InChI is InChI=1S/C32H33Cl2FN4O6/c1-17(2)11-12-38-26(16-40)29(36-15-19-8-7-18(30(41)45-3)13-25(19)39(43)44)27(21-5-4-6-23(34)28(21)35)32(38)22-10-9-20(33)14-24(22)37-31(32)42/h4-10,13-14,17,26-27,29,36,40H,11-12,15-16H2,1-3H3,(H,37,42)/t26-,27-,29+,32+/m0/s1. The molecule has 1 fully saturated rings. The number of amides is 1. The van der Waals surface area contributed by atoms with Crippen molar-refractivity contribution in [3.63, 3.8) is 0 Å². The van der Waals surface area contributed by atoms with Gasteiger partial charge in [-0.15, -0.1) is 0 Å². The quantitative estimate of drug-likeness (QED) is 0.145. The number of nitro benzene ring substituents is 1. The molecule has 1 saturated heterocycles. The van der Waals surface area contributed by atoms with Gasteiger partial charge >= 0.3 is 5.97 Å². The largest absolute Gasteiger partial charge is 0.465 e. The maximum atomic E-state index is 16.1. The lowest BCUT2D eigenvalue weighted by Gasteiger charge is -2.39. The Bertz CT molecular complexity index is 1660. The molecule has 2 aliphatic rings. The smallest absolute Gasteiger partial charge is 0.338 e. The minimum absolute atomic E-state index is 0.0117. The topological polar surface area (TPSA) is 134 Å². The molecule has 0 saturated carbocycles. The summed E-state index contributed by atoms with van der Waals surface area (Å²) in [5, 5.41) is 29.5. The number of ether oxygens (including phenoxy) is 1. The molecule has 4 atom stereocenters. The van der Waals surface area contributed by atoms with Gasteiger partial charge in [-0.25, -0.2) is 9.18 Å². The van der Waals surface area contributed by atoms with Gasteiger partial charge in [0.2, 0.25) is 5.91 Å². The Morgan fingerprint density at radius 1 is 1.22 bits per heavy atom. The predicted molar refractivity (Wildman–Crippen MR) is 168 cm³/mol. The van der Waals surface area contributed by atoms with Crippen molar-refractivity contribution in [2.75, 3.05) is 25.6 Å². The van der Waals surface area contributed by atoms with Gasteiger partial charge in [0.25, 0.3) is 5.69 Å². The van der Waals surface area contributed by atoms with Crippen LogP contribution in [-0.4, -0.2) is 59.2 Å². The predicted octanol–water partition coefficient (Wildman–Crippen LogP) is 5.64. The molecule has 3 aromatic carbocycles. The second kappa shape index (κ2) is 13.0. The number of hydrogen-bond donors (Lipinski definition) is 3. The van der Waals surface area contributed by atoms with Gasteiger partial charge in [0, 0.05) is 53.0 Å². The van der Waals surface area contributed by atoms with E-state index in [0.29, 0.717) is 29.2 Å². The van der Waals surface area contributed by atoms with Crippen LogP contribution < -0.4 is 10.6 Å². The fraction of sp³-hybridized carbons (Fsp3) is 0.375. The van der Waals surface area contributed by atoms with E-state index in [1.54, 1.807) is 30.3 Å². The lowest BCUT2D eigenvalue weighted by atomic mass is 9.73. The molecule has 1 spiro atoms. The molecule has 3 N–H and O–H groups in total. The van der Waals surface area contributed by atoms with E-state index >= 15 is 4.39 Å². The van der Waals surface area contributed by atoms with Gasteiger partial charge in [0.1, 0.15) is 11.4 Å². The van der Waals surface area contributed by atoms with Crippen LogP contribution in [0.5, 0.6) is 0 Å². The SMILES string of the molecule is COC(=O)c1ccc(CN[C@@H]2[C@H](CO)N(CCC(C)C)[C@@]3(C(=O)Nc4cc(Cl)ccc43)[C@H]2c2cccc(Cl)c2F)c([N+](=O)[O-])c1. The summed E-state index contributed by atoms with van der Waals surface area (Å²) >= 11 is 12.6. The zero-order valence-corrected chi connectivity index (χ0v) is 26.4. The van der Waals surface area contributed by atoms with Crippen LogP contribution in [-0.2, 0) is 21.6 Å². The fourth-order valence-corrected chi connectivity index (χ4v) is 7.10. The van der Waals surface area contributed by atoms with Crippen molar-refractivity contribution >= 4 is 46.5 Å². The number of rotatable bonds is 10. The number of halogens is 3. The molecule has 238 valence electrons. The summed E-state index contributed by atoms with van der Waals surface area (Å²) in [6, 6.07) is 12.1. The number of methoxy groups -OCH3 is 1. The first kappa shape index (κ1) is 32.8. The first-order chi connectivity index (χ1) is 21.4. The summed E-state index contributed by atoms with van der Waals surface area (Å²) in [5.74, 6) is -2.55. The third-order valence-corrected chi connectivity index (χ3v) is 9.27. The molecule has 0 aliphatic carbocycles. The van der Waals surface area contributed by atoms with Crippen molar-refractivity contribution in [1.82, 2.24) is 10.2 Å². The number of nitro groups is 1. The van der Waals surface area contributed by atoms with Crippen molar-refractivity contribution in [2.24, 2.45) is 5.92 Å². The van der Waals surface area contributed by atoms with E-state index in [1.165, 1.54) is 25.3 Å². The van der Waals surface area contributed by atoms with Crippen LogP contribution in [0, 0.1) is 21.8 Å². The van der Waals surface area contributed by atoms with Crippen molar-refractivity contribution < 1.29 is 28.7 Å². The minimum Gasteiger partial charge on any atom is -0.465 e. The van der Waals surface area contributed by atoms with E-state index < -0.39 is 52.8 Å². The maximum absolute atomic E-state index is 16.1. The van der Waals surface area contributed by atoms with E-state index in [4.69, 9.17) is 27.9 Å². The summed E-state index contributed by atoms with van der Waals surface area (Å²) in [4.78, 5) is 39.8. The van der Waals surface area contributed by atoms with Gasteiger partial charge in [-0.3, -0.25) is 19.8 Å². The van der Waals surface area contributed by atoms with Gasteiger partial charge in [-0.1, -0.05) is 61.3 Å². The first-order valence-corrected chi connectivity index (χ1v) is 15.2. The Labute approximate surface area is 269 Å². The summed E-state index contributed by atoms with van der Waals surface area (Å²) in [5.41, 5.74) is -0.364. The Hall–Kier alpha value is -3.61. The number of carbonyl (C=O) groups is 2. The number of aliphatic hydroxyl groups excluding tert-OH is 1. The molecule has 3 aromatic rings. The van der Waals surface area contributed by atoms with Gasteiger partial charge in [0.15, 0.2) is 0 Å². The Morgan fingerprint density at radius 2 is 1.98 bits per heavy atom. The van der Waals surface area contributed by atoms with Crippen molar-refractivity contribution in [1.29, 1.82) is 0 Å². The normalized spacial score (nSPS) is 22.6. The van der Waals surface area contributed by atoms with E-state index in [2.05, 4.69) is 10.6 Å². The highest BCUT2D eigenvalue weighted by Gasteiger charge is 2.66. The highest BCUT2D eigenvalue weighted by Crippen LogP contribution is 2.58. The van der Waals surface area contributed by atoms with Gasteiger partial charge < -0.3 is 20.5 Å². The summed E-state index contributed by atoms with van der Waals surface area (Å²) in [7, 11) is 1.18. The number of aliphatic hydroxyl groups is 1. The van der Waals surface area contributed by atoms with E-state index in [-0.39, 0.29) is 39.9 Å². The molecule has 0 aromatic heterocycles. The zero-order chi connectivity index (χ0) is 32.6. The molecule has 5 rings (SSSR count). The molecule has 13 heteroatoms. The third-order valence-electron chi connectivity index (χ3n) is 8.75. The molecule has 0 unspecified atom stereocenters. The first-order valence-electron chi connectivity index (χ1n) is 14.5. The molecule has 0 radical (unpaired) electrons. The molecular formula is C32H33Cl2FN4O6. The van der Waals surface area contributed by atoms with Crippen LogP contribution >= 0.6 is 23.2 Å². The Morgan fingerprint density at radius 3 is 2.64 bits per heavy atom. The van der Waals surface area contributed by atoms with Crippen molar-refractivity contribution in [3.05, 3.63) is 103 Å². The van der Waals surface area contributed by atoms with Gasteiger partial charge in [0.05, 0.1) is 35.3 Å². The summed E-state index contributed by atoms with van der Waals surface area (Å²) in [6.45, 7) is 3.96. The minimum atomic E-state index is -1.49. The average Bonchev–Trinajstić information content (AvgIpc) is 3.45. The second-order valence-corrected chi connectivity index (χ2v) is 12.5. The fourth-order valence-electron chi connectivity index (χ4n) is 6.74. The number of esters is 1. The van der Waals surface area contributed by atoms with Crippen molar-refractivity contribution in [3.8, 4) is 0 Å². The molecule has 10 nitrogen and oxygen atoms in total. The monoisotopic (exact) mass is 658 g/mol. The van der Waals surface area contributed by atoms with Crippen LogP contribution in [0.25, 0.3) is 0 Å². The molecule has 2 aliphatic heterocycles. The number of benzene rings is 3. The summed E-state index contributed by atoms with van der Waals surface area (Å²) < 4.78 is 20.8. The highest BCUT2D eigenvalue weighted by atomic mass is 35.5. The Balaban J connectivity index is 1.70. The van der Waals surface area contributed by atoms with E-state index in [1.807, 2.05) is 18.7 Å². The van der Waals surface area contributed by atoms with Crippen molar-refractivity contribution in [2.45, 2.75) is 50.4 Å². The maximum Gasteiger partial charge on any atom is 0.338 e. The molecule has 1 amide bonds. The average molecular weight is 660 g/mol. The second-order valence-electron chi connectivity index (χ2n) is 11.7. The number of nitrogens with zero attached hydrogens (tertiary/aromatic N) is 2. The lowest BCUT2D eigenvalue weighted by Crippen LogP contribution is -2.53. The number of carbonyl (C=O) groups excluding carboxylic acids is 2. The zero-order valence-electron chi connectivity index (χ0n) is 24.9. The number of fused-ring (bicyclic) bond motifs is 2. The van der Waals surface area contributed by atoms with Crippen LogP contribution in [0.1, 0.15) is 53.2 Å². The molecule has 2 heterocycles. The van der Waals surface area contributed by atoms with Crippen LogP contribution in [0.3, 0.4) is 0 Å². The third kappa shape index (κ3) is 5.68. The highest BCUT2D eigenvalue weighted by molar-refractivity contribution is 6.31. The number of nitrogens with one attached hydrogen (secondary N) is 2. The Kier molecular flexibility index (Phi) is 9.48. The van der Waals surface area contributed by atoms with E-state index in [9.17, 15) is 24.8 Å². The summed E-state index contributed by atoms with van der Waals surface area (Å²) in [6.07, 6.45) is 0.659.